The van der Waals surface area contributed by atoms with Gasteiger partial charge in [0.1, 0.15) is 11.2 Å². The standard InChI is InChI=1S/C17H19N5O2/c1-17(2,3)16(24)18-10-13-20-14-12(15(23)21-13)9-19-22(14)11-7-5-4-6-8-11/h4-9H,10H2,1-3H3,(H,18,24)(H,20,21,23). The van der Waals surface area contributed by atoms with Gasteiger partial charge in [-0.25, -0.2) is 9.67 Å². The number of benzene rings is 1. The molecule has 3 aromatic rings. The topological polar surface area (TPSA) is 92.7 Å². The summed E-state index contributed by atoms with van der Waals surface area (Å²) in [4.78, 5) is 31.3. The number of aromatic nitrogens is 4. The molecule has 24 heavy (non-hydrogen) atoms. The second kappa shape index (κ2) is 5.92. The van der Waals surface area contributed by atoms with Gasteiger partial charge in [-0.1, -0.05) is 39.0 Å². The van der Waals surface area contributed by atoms with E-state index in [9.17, 15) is 9.59 Å². The molecule has 0 spiro atoms. The Labute approximate surface area is 138 Å². The number of hydrogen-bond donors (Lipinski definition) is 2. The van der Waals surface area contributed by atoms with Gasteiger partial charge in [0.15, 0.2) is 5.65 Å². The Morgan fingerprint density at radius 2 is 1.96 bits per heavy atom. The van der Waals surface area contributed by atoms with Crippen LogP contribution < -0.4 is 10.9 Å². The zero-order valence-corrected chi connectivity index (χ0v) is 13.8. The predicted molar refractivity (Wildman–Crippen MR) is 90.8 cm³/mol. The van der Waals surface area contributed by atoms with Crippen LogP contribution in [0.5, 0.6) is 0 Å². The molecule has 0 bridgehead atoms. The van der Waals surface area contributed by atoms with Crippen LogP contribution in [0.2, 0.25) is 0 Å². The molecule has 1 aromatic carbocycles. The van der Waals surface area contributed by atoms with Crippen LogP contribution >= 0.6 is 0 Å². The molecule has 0 fully saturated rings. The number of nitrogens with one attached hydrogen (secondary N) is 2. The maximum absolute atomic E-state index is 12.2. The Balaban J connectivity index is 1.97. The number of fused-ring (bicyclic) bond motifs is 1. The number of para-hydroxylation sites is 1. The molecular formula is C17H19N5O2. The predicted octanol–water partition coefficient (Wildman–Crippen LogP) is 1.77. The monoisotopic (exact) mass is 325 g/mol. The molecule has 7 heteroatoms. The number of hydrogen-bond acceptors (Lipinski definition) is 4. The normalized spacial score (nSPS) is 11.6. The molecule has 1 amide bonds. The van der Waals surface area contributed by atoms with Gasteiger partial charge in [-0.15, -0.1) is 0 Å². The highest BCUT2D eigenvalue weighted by atomic mass is 16.2. The van der Waals surface area contributed by atoms with E-state index in [1.54, 1.807) is 4.68 Å². The third kappa shape index (κ3) is 3.05. The molecule has 0 saturated carbocycles. The first-order valence-corrected chi connectivity index (χ1v) is 7.67. The Kier molecular flexibility index (Phi) is 3.92. The molecular weight excluding hydrogens is 306 g/mol. The van der Waals surface area contributed by atoms with E-state index in [4.69, 9.17) is 0 Å². The Morgan fingerprint density at radius 1 is 1.25 bits per heavy atom. The summed E-state index contributed by atoms with van der Waals surface area (Å²) in [6.45, 7) is 5.63. The second-order valence-electron chi connectivity index (χ2n) is 6.57. The summed E-state index contributed by atoms with van der Waals surface area (Å²) < 4.78 is 1.61. The summed E-state index contributed by atoms with van der Waals surface area (Å²) in [5, 5.41) is 7.44. The lowest BCUT2D eigenvalue weighted by atomic mass is 9.96. The van der Waals surface area contributed by atoms with E-state index in [2.05, 4.69) is 20.4 Å². The van der Waals surface area contributed by atoms with Crippen molar-refractivity contribution in [3.8, 4) is 5.69 Å². The lowest BCUT2D eigenvalue weighted by Crippen LogP contribution is -2.35. The third-order valence-electron chi connectivity index (χ3n) is 3.59. The lowest BCUT2D eigenvalue weighted by molar-refractivity contribution is -0.128. The zero-order chi connectivity index (χ0) is 17.3. The van der Waals surface area contributed by atoms with Gasteiger partial charge in [-0.05, 0) is 12.1 Å². The highest BCUT2D eigenvalue weighted by Crippen LogP contribution is 2.14. The van der Waals surface area contributed by atoms with Crippen LogP contribution in [-0.4, -0.2) is 25.7 Å². The van der Waals surface area contributed by atoms with Crippen LogP contribution in [0.3, 0.4) is 0 Å². The molecule has 0 aliphatic rings. The summed E-state index contributed by atoms with van der Waals surface area (Å²) in [6, 6.07) is 9.45. The van der Waals surface area contributed by atoms with Crippen molar-refractivity contribution in [1.82, 2.24) is 25.1 Å². The van der Waals surface area contributed by atoms with Crippen molar-refractivity contribution < 1.29 is 4.79 Å². The zero-order valence-electron chi connectivity index (χ0n) is 13.8. The molecule has 0 atom stereocenters. The molecule has 0 unspecified atom stereocenters. The van der Waals surface area contributed by atoms with E-state index in [0.717, 1.165) is 5.69 Å². The van der Waals surface area contributed by atoms with Gasteiger partial charge in [-0.3, -0.25) is 9.59 Å². The first-order chi connectivity index (χ1) is 11.4. The number of amides is 1. The van der Waals surface area contributed by atoms with Gasteiger partial charge in [0.2, 0.25) is 5.91 Å². The molecule has 0 saturated heterocycles. The first kappa shape index (κ1) is 15.9. The maximum Gasteiger partial charge on any atom is 0.262 e. The minimum Gasteiger partial charge on any atom is -0.348 e. The molecule has 2 aromatic heterocycles. The number of aromatic amines is 1. The Morgan fingerprint density at radius 3 is 2.62 bits per heavy atom. The molecule has 3 rings (SSSR count). The van der Waals surface area contributed by atoms with Gasteiger partial charge >= 0.3 is 0 Å². The van der Waals surface area contributed by atoms with Gasteiger partial charge in [0.25, 0.3) is 5.56 Å². The second-order valence-corrected chi connectivity index (χ2v) is 6.57. The highest BCUT2D eigenvalue weighted by Gasteiger charge is 2.21. The van der Waals surface area contributed by atoms with E-state index in [1.165, 1.54) is 6.20 Å². The molecule has 0 radical (unpaired) electrons. The van der Waals surface area contributed by atoms with Crippen molar-refractivity contribution in [3.05, 3.63) is 52.7 Å². The van der Waals surface area contributed by atoms with Crippen molar-refractivity contribution in [2.24, 2.45) is 5.41 Å². The van der Waals surface area contributed by atoms with Gasteiger partial charge in [-0.2, -0.15) is 5.10 Å². The molecule has 2 N–H and O–H groups in total. The summed E-state index contributed by atoms with van der Waals surface area (Å²) in [6.07, 6.45) is 1.49. The van der Waals surface area contributed by atoms with E-state index in [0.29, 0.717) is 16.9 Å². The Hall–Kier alpha value is -2.96. The third-order valence-corrected chi connectivity index (χ3v) is 3.59. The average Bonchev–Trinajstić information content (AvgIpc) is 2.97. The van der Waals surface area contributed by atoms with Crippen molar-refractivity contribution >= 4 is 16.9 Å². The lowest BCUT2D eigenvalue weighted by Gasteiger charge is -2.17. The van der Waals surface area contributed by atoms with E-state index < -0.39 is 5.41 Å². The van der Waals surface area contributed by atoms with Crippen molar-refractivity contribution in [1.29, 1.82) is 0 Å². The largest absolute Gasteiger partial charge is 0.348 e. The van der Waals surface area contributed by atoms with E-state index in [1.807, 2.05) is 51.1 Å². The number of H-pyrrole nitrogens is 1. The Bertz CT molecular complexity index is 935. The SMILES string of the molecule is CC(C)(C)C(=O)NCc1nc2c(cnn2-c2ccccc2)c(=O)[nH]1. The van der Waals surface area contributed by atoms with Crippen LogP contribution in [0.4, 0.5) is 0 Å². The fourth-order valence-corrected chi connectivity index (χ4v) is 2.23. The van der Waals surface area contributed by atoms with E-state index in [-0.39, 0.29) is 18.0 Å². The van der Waals surface area contributed by atoms with Crippen molar-refractivity contribution in [2.45, 2.75) is 27.3 Å². The van der Waals surface area contributed by atoms with Crippen LogP contribution in [0.1, 0.15) is 26.6 Å². The van der Waals surface area contributed by atoms with Crippen molar-refractivity contribution in [2.75, 3.05) is 0 Å². The maximum atomic E-state index is 12.2. The number of carbonyl (C=O) groups excluding carboxylic acids is 1. The number of carbonyl (C=O) groups is 1. The quantitative estimate of drug-likeness (QED) is 0.767. The first-order valence-electron chi connectivity index (χ1n) is 7.67. The molecule has 0 aliphatic heterocycles. The van der Waals surface area contributed by atoms with Crippen LogP contribution in [-0.2, 0) is 11.3 Å². The van der Waals surface area contributed by atoms with Crippen LogP contribution in [0.25, 0.3) is 16.7 Å². The molecule has 124 valence electrons. The summed E-state index contributed by atoms with van der Waals surface area (Å²) >= 11 is 0. The molecule has 2 heterocycles. The molecule has 0 aliphatic carbocycles. The van der Waals surface area contributed by atoms with Crippen LogP contribution in [0, 0.1) is 5.41 Å². The molecule has 7 nitrogen and oxygen atoms in total. The fourth-order valence-electron chi connectivity index (χ4n) is 2.23. The average molecular weight is 325 g/mol. The van der Waals surface area contributed by atoms with Gasteiger partial charge in [0.05, 0.1) is 18.4 Å². The highest BCUT2D eigenvalue weighted by molar-refractivity contribution is 5.81. The fraction of sp³-hybridized carbons (Fsp3) is 0.294. The summed E-state index contributed by atoms with van der Waals surface area (Å²) in [7, 11) is 0. The number of nitrogens with zero attached hydrogens (tertiary/aromatic N) is 3. The van der Waals surface area contributed by atoms with Gasteiger partial charge < -0.3 is 10.3 Å². The summed E-state index contributed by atoms with van der Waals surface area (Å²) in [5.41, 5.74) is 0.498. The smallest absolute Gasteiger partial charge is 0.262 e. The van der Waals surface area contributed by atoms with Gasteiger partial charge in [0, 0.05) is 5.41 Å². The van der Waals surface area contributed by atoms with E-state index >= 15 is 0 Å². The summed E-state index contributed by atoms with van der Waals surface area (Å²) in [5.74, 6) is 0.282. The van der Waals surface area contributed by atoms with Crippen LogP contribution in [0.15, 0.2) is 41.3 Å². The minimum atomic E-state index is -0.504. The van der Waals surface area contributed by atoms with Crippen molar-refractivity contribution in [3.63, 3.8) is 0 Å². The minimum absolute atomic E-state index is 0.109. The number of rotatable bonds is 3.